The number of aliphatic hydroxyl groups excluding tert-OH is 1. The molecule has 0 saturated carbocycles. The van der Waals surface area contributed by atoms with Crippen LogP contribution in [0.3, 0.4) is 0 Å². The largest absolute Gasteiger partial charge is 0.493 e. The van der Waals surface area contributed by atoms with Gasteiger partial charge in [-0.2, -0.15) is 12.6 Å². The van der Waals surface area contributed by atoms with Crippen LogP contribution in [0.4, 0.5) is 0 Å². The number of thiol groups is 3. The van der Waals surface area contributed by atoms with E-state index in [4.69, 9.17) is 14.2 Å². The highest BCUT2D eigenvalue weighted by atomic mass is 32.1. The zero-order chi connectivity index (χ0) is 23.6. The zero-order valence-corrected chi connectivity index (χ0v) is 21.0. The number of ether oxygens (including phenoxy) is 3. The molecule has 0 heterocycles. The summed E-state index contributed by atoms with van der Waals surface area (Å²) >= 11 is 13.4. The number of carbonyl (C=O) groups is 2. The van der Waals surface area contributed by atoms with Crippen LogP contribution in [0.5, 0.6) is 0 Å². The van der Waals surface area contributed by atoms with Gasteiger partial charge in [0.2, 0.25) is 11.5 Å². The van der Waals surface area contributed by atoms with Crippen molar-refractivity contribution in [3.05, 3.63) is 45.6 Å². The second kappa shape index (κ2) is 14.0. The van der Waals surface area contributed by atoms with Gasteiger partial charge in [0.15, 0.2) is 11.9 Å². The summed E-state index contributed by atoms with van der Waals surface area (Å²) in [6.45, 7) is 3.00. The highest BCUT2D eigenvalue weighted by molar-refractivity contribution is 7.84. The molecule has 174 valence electrons. The van der Waals surface area contributed by atoms with E-state index in [1.807, 2.05) is 18.2 Å². The van der Waals surface area contributed by atoms with E-state index in [1.165, 1.54) is 21.1 Å². The van der Waals surface area contributed by atoms with Crippen molar-refractivity contribution in [2.45, 2.75) is 57.0 Å². The van der Waals surface area contributed by atoms with Crippen molar-refractivity contribution in [1.82, 2.24) is 0 Å². The molecule has 0 aromatic rings. The lowest BCUT2D eigenvalue weighted by molar-refractivity contribution is -0.151. The molecule has 0 radical (unpaired) electrons. The molecule has 0 aliphatic heterocycles. The molecule has 1 aliphatic carbocycles. The number of methoxy groups -OCH3 is 2. The Labute approximate surface area is 201 Å². The second-order valence-corrected chi connectivity index (χ2v) is 8.85. The minimum atomic E-state index is -0.778. The normalized spacial score (nSPS) is 23.9. The fraction of sp³-hybridized carbons (Fsp3) is 0.545. The molecule has 4 atom stereocenters. The Morgan fingerprint density at radius 1 is 1.19 bits per heavy atom. The smallest absolute Gasteiger partial charge is 0.303 e. The molecule has 1 aliphatic rings. The first-order valence-corrected chi connectivity index (χ1v) is 11.4. The van der Waals surface area contributed by atoms with Gasteiger partial charge in [0.25, 0.3) is 0 Å². The number of ketones is 1. The molecule has 0 unspecified atom stereocenters. The van der Waals surface area contributed by atoms with E-state index in [9.17, 15) is 14.7 Å². The van der Waals surface area contributed by atoms with E-state index in [0.717, 1.165) is 16.2 Å². The number of carbonyl (C=O) groups excluding carboxylic acids is 2. The van der Waals surface area contributed by atoms with E-state index in [1.54, 1.807) is 13.0 Å². The summed E-state index contributed by atoms with van der Waals surface area (Å²) in [5, 5.41) is 8.51. The number of hydrogen-bond donors (Lipinski definition) is 4. The predicted molar refractivity (Wildman–Crippen MR) is 131 cm³/mol. The van der Waals surface area contributed by atoms with E-state index in [0.29, 0.717) is 19.3 Å². The van der Waals surface area contributed by atoms with Crippen LogP contribution >= 0.6 is 37.9 Å². The standard InChI is InChI=1S/C22H32O6S3/c1-13(23)7-5-8-15(29)9-6-10-16(30)11-12-17-19(28-14(2)24)21(27-4)20(26-3)18(25)22(17)31/h5,7,9,11,13,17,19,22-23,29-31H,6,8,10,12H2,1-4H3/b7-5+,15-9-,16-11-/t13-,17+,19-,22-/m1/s1. The summed E-state index contributed by atoms with van der Waals surface area (Å²) in [7, 11) is 2.78. The SMILES string of the molecule is COC1=C(OC)[C@H](OC(C)=O)[C@H](C/C=C(\S)CC/C=C(\S)C/C=C/[C@@H](C)O)[C@@H](S)C1=O. The summed E-state index contributed by atoms with van der Waals surface area (Å²) in [4.78, 5) is 26.0. The molecule has 0 spiro atoms. The third kappa shape index (κ3) is 9.00. The van der Waals surface area contributed by atoms with Crippen LogP contribution in [0.25, 0.3) is 0 Å². The third-order valence-electron chi connectivity index (χ3n) is 4.63. The van der Waals surface area contributed by atoms with Crippen LogP contribution in [-0.4, -0.2) is 48.5 Å². The minimum Gasteiger partial charge on any atom is -0.493 e. The topological polar surface area (TPSA) is 82.1 Å². The third-order valence-corrected chi connectivity index (χ3v) is 6.02. The number of Topliss-reactive ketones (excluding diaryl/α,β-unsaturated/α-hetero) is 1. The van der Waals surface area contributed by atoms with Crippen LogP contribution in [0.1, 0.15) is 39.5 Å². The van der Waals surface area contributed by atoms with Gasteiger partial charge >= 0.3 is 5.97 Å². The van der Waals surface area contributed by atoms with Crippen molar-refractivity contribution in [3.63, 3.8) is 0 Å². The first-order chi connectivity index (χ1) is 14.6. The molecule has 1 rings (SSSR count). The summed E-state index contributed by atoms with van der Waals surface area (Å²) in [5.41, 5.74) is 0. The Kier molecular flexibility index (Phi) is 12.5. The Morgan fingerprint density at radius 2 is 1.87 bits per heavy atom. The highest BCUT2D eigenvalue weighted by Gasteiger charge is 2.45. The molecule has 1 N–H and O–H groups in total. The van der Waals surface area contributed by atoms with Gasteiger partial charge in [-0.25, -0.2) is 0 Å². The Bertz CT molecular complexity index is 754. The van der Waals surface area contributed by atoms with E-state index in [-0.39, 0.29) is 17.3 Å². The first-order valence-electron chi connectivity index (χ1n) is 9.94. The van der Waals surface area contributed by atoms with Crippen molar-refractivity contribution in [2.24, 2.45) is 5.92 Å². The quantitative estimate of drug-likeness (QED) is 0.200. The van der Waals surface area contributed by atoms with E-state index >= 15 is 0 Å². The maximum atomic E-state index is 12.6. The van der Waals surface area contributed by atoms with Gasteiger partial charge in [-0.15, -0.1) is 25.3 Å². The fourth-order valence-corrected chi connectivity index (χ4v) is 4.02. The molecule has 9 heteroatoms. The van der Waals surface area contributed by atoms with Crippen molar-refractivity contribution in [1.29, 1.82) is 0 Å². The lowest BCUT2D eigenvalue weighted by atomic mass is 9.84. The fourth-order valence-electron chi connectivity index (χ4n) is 3.15. The molecule has 0 fully saturated rings. The van der Waals surface area contributed by atoms with Gasteiger partial charge in [-0.05, 0) is 42.4 Å². The summed E-state index contributed by atoms with van der Waals surface area (Å²) in [6.07, 6.45) is 8.77. The molecule has 0 aromatic heterocycles. The van der Waals surface area contributed by atoms with Crippen LogP contribution in [0.2, 0.25) is 0 Å². The van der Waals surface area contributed by atoms with Gasteiger partial charge in [0.1, 0.15) is 0 Å². The molecule has 0 bridgehead atoms. The van der Waals surface area contributed by atoms with E-state index < -0.39 is 29.3 Å². The van der Waals surface area contributed by atoms with Gasteiger partial charge in [-0.1, -0.05) is 24.3 Å². The lowest BCUT2D eigenvalue weighted by Gasteiger charge is -2.35. The molecular weight excluding hydrogens is 456 g/mol. The average Bonchev–Trinajstić information content (AvgIpc) is 2.69. The Balaban J connectivity index is 2.85. The summed E-state index contributed by atoms with van der Waals surface area (Å²) < 4.78 is 16.0. The maximum Gasteiger partial charge on any atom is 0.303 e. The summed E-state index contributed by atoms with van der Waals surface area (Å²) in [5.74, 6) is -0.993. The van der Waals surface area contributed by atoms with Crippen LogP contribution in [-0.2, 0) is 23.8 Å². The van der Waals surface area contributed by atoms with Crippen LogP contribution in [0.15, 0.2) is 45.6 Å². The number of hydrogen-bond acceptors (Lipinski definition) is 9. The van der Waals surface area contributed by atoms with Crippen LogP contribution < -0.4 is 0 Å². The molecule has 31 heavy (non-hydrogen) atoms. The van der Waals surface area contributed by atoms with Crippen LogP contribution in [0, 0.1) is 5.92 Å². The van der Waals surface area contributed by atoms with E-state index in [2.05, 4.69) is 37.9 Å². The number of allylic oxidation sites excluding steroid dienone is 6. The number of esters is 1. The number of aliphatic hydroxyl groups is 1. The highest BCUT2D eigenvalue weighted by Crippen LogP contribution is 2.36. The number of rotatable bonds is 11. The van der Waals surface area contributed by atoms with Gasteiger partial charge in [-0.3, -0.25) is 9.59 Å². The van der Waals surface area contributed by atoms with Crippen molar-refractivity contribution < 1.29 is 28.9 Å². The predicted octanol–water partition coefficient (Wildman–Crippen LogP) is 4.04. The first kappa shape index (κ1) is 27.7. The summed E-state index contributed by atoms with van der Waals surface area (Å²) in [6, 6.07) is 0. The minimum absolute atomic E-state index is 0.0242. The molecular formula is C22H32O6S3. The monoisotopic (exact) mass is 488 g/mol. The lowest BCUT2D eigenvalue weighted by Crippen LogP contribution is -2.44. The average molecular weight is 489 g/mol. The molecule has 6 nitrogen and oxygen atoms in total. The molecule has 0 amide bonds. The van der Waals surface area contributed by atoms with Gasteiger partial charge in [0, 0.05) is 12.8 Å². The Hall–Kier alpha value is -1.29. The Morgan fingerprint density at radius 3 is 2.42 bits per heavy atom. The molecule has 0 saturated heterocycles. The second-order valence-electron chi connectivity index (χ2n) is 7.14. The van der Waals surface area contributed by atoms with Crippen molar-refractivity contribution >= 4 is 49.6 Å². The van der Waals surface area contributed by atoms with Crippen molar-refractivity contribution in [3.8, 4) is 0 Å². The maximum absolute atomic E-state index is 12.6. The molecule has 0 aromatic carbocycles. The van der Waals surface area contributed by atoms with Crippen molar-refractivity contribution in [2.75, 3.05) is 14.2 Å². The zero-order valence-electron chi connectivity index (χ0n) is 18.3. The van der Waals surface area contributed by atoms with Gasteiger partial charge < -0.3 is 19.3 Å². The van der Waals surface area contributed by atoms with Gasteiger partial charge in [0.05, 0.1) is 25.6 Å².